The van der Waals surface area contributed by atoms with Crippen LogP contribution in [0.2, 0.25) is 0 Å². The summed E-state index contributed by atoms with van der Waals surface area (Å²) in [5.74, 6) is -0.375. The van der Waals surface area contributed by atoms with Gasteiger partial charge >= 0.3 is 5.69 Å². The maximum Gasteiger partial charge on any atom is 0.343 e. The quantitative estimate of drug-likeness (QED) is 0.743. The molecule has 2 aromatic rings. The molecule has 2 rings (SSSR count). The predicted octanol–water partition coefficient (Wildman–Crippen LogP) is -0.623. The number of hydrogen-bond acceptors (Lipinski definition) is 3. The minimum Gasteiger partial charge on any atom is -0.357 e. The summed E-state index contributed by atoms with van der Waals surface area (Å²) in [5.41, 5.74) is 0.578. The zero-order valence-corrected chi connectivity index (χ0v) is 9.60. The Labute approximate surface area is 97.1 Å². The smallest absolute Gasteiger partial charge is 0.343 e. The molecule has 0 aliphatic rings. The average molecular weight is 235 g/mol. The van der Waals surface area contributed by atoms with Crippen molar-refractivity contribution in [2.45, 2.75) is 6.54 Å². The fourth-order valence-electron chi connectivity index (χ4n) is 1.44. The molecule has 2 N–H and O–H groups in total. The second-order valence-corrected chi connectivity index (χ2v) is 3.77. The maximum absolute atomic E-state index is 11.6. The summed E-state index contributed by atoms with van der Waals surface area (Å²) in [7, 11) is 3.38. The highest BCUT2D eigenvalue weighted by atomic mass is 16.2. The van der Waals surface area contributed by atoms with Gasteiger partial charge in [0.2, 0.25) is 5.82 Å². The van der Waals surface area contributed by atoms with Crippen LogP contribution < -0.4 is 11.0 Å². The maximum atomic E-state index is 11.6. The second kappa shape index (κ2) is 4.28. The third kappa shape index (κ3) is 2.44. The van der Waals surface area contributed by atoms with Crippen LogP contribution in [0.25, 0.3) is 0 Å². The number of amides is 1. The van der Waals surface area contributed by atoms with Gasteiger partial charge in [-0.15, -0.1) is 5.10 Å². The lowest BCUT2D eigenvalue weighted by Gasteiger charge is -1.99. The van der Waals surface area contributed by atoms with Crippen LogP contribution in [0, 0.1) is 0 Å². The number of rotatable bonds is 3. The first-order valence-electron chi connectivity index (χ1n) is 5.08. The van der Waals surface area contributed by atoms with Gasteiger partial charge in [-0.1, -0.05) is 0 Å². The van der Waals surface area contributed by atoms with E-state index in [4.69, 9.17) is 0 Å². The van der Waals surface area contributed by atoms with Crippen molar-refractivity contribution >= 4 is 5.91 Å². The van der Waals surface area contributed by atoms with Crippen molar-refractivity contribution in [3.05, 3.63) is 40.3 Å². The van der Waals surface area contributed by atoms with Crippen molar-refractivity contribution in [3.8, 4) is 0 Å². The van der Waals surface area contributed by atoms with Crippen molar-refractivity contribution < 1.29 is 4.79 Å². The van der Waals surface area contributed by atoms with Crippen LogP contribution >= 0.6 is 0 Å². The van der Waals surface area contributed by atoms with Crippen molar-refractivity contribution in [1.82, 2.24) is 24.6 Å². The van der Waals surface area contributed by atoms with E-state index in [0.717, 1.165) is 10.2 Å². The Hall–Kier alpha value is -2.31. The van der Waals surface area contributed by atoms with Crippen LogP contribution in [0.15, 0.2) is 23.3 Å². The molecule has 0 aliphatic heterocycles. The Morgan fingerprint density at radius 3 is 2.82 bits per heavy atom. The molecule has 7 heteroatoms. The van der Waals surface area contributed by atoms with Gasteiger partial charge in [0.05, 0.1) is 0 Å². The Morgan fingerprint density at radius 1 is 1.53 bits per heavy atom. The molecule has 0 aliphatic carbocycles. The number of aromatic nitrogens is 4. The highest BCUT2D eigenvalue weighted by molar-refractivity contribution is 5.90. The molecule has 2 heterocycles. The number of hydrogen-bond donors (Lipinski definition) is 2. The van der Waals surface area contributed by atoms with Gasteiger partial charge in [0.1, 0.15) is 0 Å². The molecule has 0 spiro atoms. The molecule has 0 saturated heterocycles. The van der Waals surface area contributed by atoms with Gasteiger partial charge in [-0.05, 0) is 11.6 Å². The average Bonchev–Trinajstić information content (AvgIpc) is 2.83. The van der Waals surface area contributed by atoms with Crippen LogP contribution in [-0.2, 0) is 20.6 Å². The fourth-order valence-corrected chi connectivity index (χ4v) is 1.44. The van der Waals surface area contributed by atoms with Crippen LogP contribution in [0.5, 0.6) is 0 Å². The van der Waals surface area contributed by atoms with Gasteiger partial charge in [0.15, 0.2) is 0 Å². The lowest BCUT2D eigenvalue weighted by atomic mass is 10.3. The molecule has 0 unspecified atom stereocenters. The van der Waals surface area contributed by atoms with Gasteiger partial charge in [0, 0.05) is 33.0 Å². The summed E-state index contributed by atoms with van der Waals surface area (Å²) in [6.07, 6.45) is 3.80. The van der Waals surface area contributed by atoms with E-state index in [-0.39, 0.29) is 5.82 Å². The van der Waals surface area contributed by atoms with Crippen LogP contribution in [0.4, 0.5) is 0 Å². The van der Waals surface area contributed by atoms with Gasteiger partial charge < -0.3 is 9.88 Å². The van der Waals surface area contributed by atoms with Gasteiger partial charge in [-0.2, -0.15) is 0 Å². The summed E-state index contributed by atoms with van der Waals surface area (Å²) in [6, 6.07) is 1.90. The summed E-state index contributed by atoms with van der Waals surface area (Å²) < 4.78 is 2.97. The summed E-state index contributed by atoms with van der Waals surface area (Å²) in [5, 5.41) is 6.43. The van der Waals surface area contributed by atoms with Gasteiger partial charge in [0.25, 0.3) is 5.91 Å². The first-order chi connectivity index (χ1) is 8.06. The summed E-state index contributed by atoms with van der Waals surface area (Å²) in [4.78, 5) is 25.1. The molecule has 17 heavy (non-hydrogen) atoms. The summed E-state index contributed by atoms with van der Waals surface area (Å²) in [6.45, 7) is 0.401. The van der Waals surface area contributed by atoms with Crippen molar-refractivity contribution in [1.29, 1.82) is 0 Å². The highest BCUT2D eigenvalue weighted by Crippen LogP contribution is 1.98. The van der Waals surface area contributed by atoms with E-state index in [0.29, 0.717) is 6.54 Å². The molecular formula is C10H13N5O2. The monoisotopic (exact) mass is 235 g/mol. The molecule has 1 amide bonds. The third-order valence-corrected chi connectivity index (χ3v) is 2.33. The molecule has 0 atom stereocenters. The molecule has 0 aromatic carbocycles. The number of carbonyl (C=O) groups excluding carboxylic acids is 1. The number of carbonyl (C=O) groups is 1. The number of aromatic amines is 1. The second-order valence-electron chi connectivity index (χ2n) is 3.77. The van der Waals surface area contributed by atoms with Crippen molar-refractivity contribution in [2.24, 2.45) is 14.1 Å². The molecule has 7 nitrogen and oxygen atoms in total. The Balaban J connectivity index is 2.00. The molecule has 0 radical (unpaired) electrons. The standard InChI is InChI=1S/C10H13N5O2/c1-14-4-3-7(6-14)5-11-9(16)8-12-10(17)15(2)13-8/h3-4,6H,5H2,1-2H3,(H,11,16)(H,12,13,17). The van der Waals surface area contributed by atoms with Crippen LogP contribution in [0.3, 0.4) is 0 Å². The molecule has 2 aromatic heterocycles. The van der Waals surface area contributed by atoms with E-state index in [1.165, 1.54) is 7.05 Å². The van der Waals surface area contributed by atoms with E-state index >= 15 is 0 Å². The van der Waals surface area contributed by atoms with Crippen LogP contribution in [0.1, 0.15) is 16.2 Å². The number of aryl methyl sites for hydroxylation is 2. The zero-order chi connectivity index (χ0) is 12.4. The predicted molar refractivity (Wildman–Crippen MR) is 60.4 cm³/mol. The van der Waals surface area contributed by atoms with Gasteiger partial charge in [-0.25, -0.2) is 9.48 Å². The Bertz CT molecular complexity index is 592. The minimum absolute atomic E-state index is 0.0217. The molecule has 0 fully saturated rings. The van der Waals surface area contributed by atoms with Crippen molar-refractivity contribution in [2.75, 3.05) is 0 Å². The number of nitrogens with one attached hydrogen (secondary N) is 2. The minimum atomic E-state index is -0.408. The first-order valence-corrected chi connectivity index (χ1v) is 5.08. The first kappa shape index (κ1) is 11.2. The van der Waals surface area contributed by atoms with E-state index in [9.17, 15) is 9.59 Å². The Morgan fingerprint density at radius 2 is 2.29 bits per heavy atom. The number of H-pyrrole nitrogens is 1. The SMILES string of the molecule is Cn1ccc(CNC(=O)c2nn(C)c(=O)[nH]2)c1. The zero-order valence-electron chi connectivity index (χ0n) is 9.60. The largest absolute Gasteiger partial charge is 0.357 e. The fraction of sp³-hybridized carbons (Fsp3) is 0.300. The van der Waals surface area contributed by atoms with E-state index in [2.05, 4.69) is 15.4 Å². The van der Waals surface area contributed by atoms with E-state index in [1.807, 2.05) is 30.1 Å². The Kier molecular flexibility index (Phi) is 2.82. The molecular weight excluding hydrogens is 222 g/mol. The topological polar surface area (TPSA) is 84.7 Å². The van der Waals surface area contributed by atoms with Crippen LogP contribution in [-0.4, -0.2) is 25.2 Å². The molecule has 0 bridgehead atoms. The summed E-state index contributed by atoms with van der Waals surface area (Å²) >= 11 is 0. The lowest BCUT2D eigenvalue weighted by molar-refractivity contribution is 0.0940. The lowest BCUT2D eigenvalue weighted by Crippen LogP contribution is -2.24. The van der Waals surface area contributed by atoms with Gasteiger partial charge in [-0.3, -0.25) is 9.78 Å². The highest BCUT2D eigenvalue weighted by Gasteiger charge is 2.11. The molecule has 0 saturated carbocycles. The van der Waals surface area contributed by atoms with E-state index in [1.54, 1.807) is 0 Å². The molecule has 90 valence electrons. The number of nitrogens with zero attached hydrogens (tertiary/aromatic N) is 3. The normalized spacial score (nSPS) is 10.5. The van der Waals surface area contributed by atoms with Crippen molar-refractivity contribution in [3.63, 3.8) is 0 Å². The van der Waals surface area contributed by atoms with E-state index < -0.39 is 11.6 Å². The third-order valence-electron chi connectivity index (χ3n) is 2.33.